The summed E-state index contributed by atoms with van der Waals surface area (Å²) < 4.78 is 6.13. The molecule has 0 radical (unpaired) electrons. The number of ether oxygens (including phenoxy) is 1. The maximum absolute atomic E-state index is 12.5. The van der Waals surface area contributed by atoms with Gasteiger partial charge in [-0.1, -0.05) is 41.9 Å². The third-order valence-electron chi connectivity index (χ3n) is 3.83. The van der Waals surface area contributed by atoms with Crippen LogP contribution < -0.4 is 10.1 Å². The summed E-state index contributed by atoms with van der Waals surface area (Å²) >= 11 is 9.33. The third-order valence-corrected chi connectivity index (χ3v) is 4.56. The molecule has 0 fully saturated rings. The first-order valence-corrected chi connectivity index (χ1v) is 9.07. The Morgan fingerprint density at radius 1 is 1.19 bits per heavy atom. The zero-order valence-electron chi connectivity index (χ0n) is 14.0. The average molecular weight is 432 g/mol. The van der Waals surface area contributed by atoms with E-state index in [1.807, 2.05) is 30.3 Å². The molecule has 3 aromatic rings. The van der Waals surface area contributed by atoms with Crippen molar-refractivity contribution in [3.63, 3.8) is 0 Å². The first kappa shape index (κ1) is 18.4. The van der Waals surface area contributed by atoms with Crippen LogP contribution in [0, 0.1) is 0 Å². The van der Waals surface area contributed by atoms with Crippen molar-refractivity contribution in [2.45, 2.75) is 6.42 Å². The molecule has 2 aromatic carbocycles. The fraction of sp³-hybridized carbons (Fsp3) is 0.100. The van der Waals surface area contributed by atoms with Gasteiger partial charge in [0.15, 0.2) is 0 Å². The van der Waals surface area contributed by atoms with Gasteiger partial charge >= 0.3 is 0 Å². The van der Waals surface area contributed by atoms with Crippen LogP contribution in [-0.4, -0.2) is 18.0 Å². The van der Waals surface area contributed by atoms with Crippen LogP contribution in [0.15, 0.2) is 65.3 Å². The van der Waals surface area contributed by atoms with Crippen molar-refractivity contribution in [2.75, 3.05) is 12.4 Å². The summed E-state index contributed by atoms with van der Waals surface area (Å²) in [5.41, 5.74) is 3.11. The van der Waals surface area contributed by atoms with Gasteiger partial charge in [-0.2, -0.15) is 0 Å². The summed E-state index contributed by atoms with van der Waals surface area (Å²) in [6.07, 6.45) is 2.25. The molecule has 1 aromatic heterocycles. The molecular formula is C20H16BrClN2O2. The number of aromatic nitrogens is 1. The second kappa shape index (κ2) is 8.34. The number of carbonyl (C=O) groups excluding carboxylic acids is 1. The van der Waals surface area contributed by atoms with Crippen LogP contribution in [0.4, 0.5) is 5.69 Å². The number of benzene rings is 2. The quantitative estimate of drug-likeness (QED) is 0.554. The predicted octanol–water partition coefficient (Wildman–Crippen LogP) is 5.35. The van der Waals surface area contributed by atoms with Crippen molar-refractivity contribution in [1.82, 2.24) is 4.98 Å². The molecule has 0 bridgehead atoms. The minimum atomic E-state index is -0.320. The number of methoxy groups -OCH3 is 1. The highest BCUT2D eigenvalue weighted by Gasteiger charge is 2.14. The van der Waals surface area contributed by atoms with Crippen molar-refractivity contribution in [1.29, 1.82) is 0 Å². The molecular weight excluding hydrogens is 416 g/mol. The minimum Gasteiger partial charge on any atom is -0.496 e. The van der Waals surface area contributed by atoms with E-state index in [1.54, 1.807) is 25.4 Å². The van der Waals surface area contributed by atoms with Crippen molar-refractivity contribution in [3.8, 4) is 5.75 Å². The average Bonchev–Trinajstić information content (AvgIpc) is 2.65. The number of pyridine rings is 1. The monoisotopic (exact) mass is 430 g/mol. The third kappa shape index (κ3) is 4.42. The Morgan fingerprint density at radius 3 is 2.69 bits per heavy atom. The minimum absolute atomic E-state index is 0.156. The molecule has 1 heterocycles. The molecule has 6 heteroatoms. The Labute approximate surface area is 165 Å². The van der Waals surface area contributed by atoms with Crippen LogP contribution in [0.5, 0.6) is 5.75 Å². The normalized spacial score (nSPS) is 10.4. The van der Waals surface area contributed by atoms with Gasteiger partial charge in [0.25, 0.3) is 5.91 Å². The SMILES string of the molecule is COc1ccc(NC(=O)c2cc(Br)cnc2Cl)cc1Cc1ccccc1. The van der Waals surface area contributed by atoms with Crippen LogP contribution in [0.1, 0.15) is 21.5 Å². The summed E-state index contributed by atoms with van der Waals surface area (Å²) in [7, 11) is 1.63. The van der Waals surface area contributed by atoms with Crippen molar-refractivity contribution >= 4 is 39.1 Å². The van der Waals surface area contributed by atoms with Crippen molar-refractivity contribution in [2.24, 2.45) is 0 Å². The lowest BCUT2D eigenvalue weighted by atomic mass is 10.0. The van der Waals surface area contributed by atoms with E-state index >= 15 is 0 Å². The number of anilines is 1. The second-order valence-corrected chi connectivity index (χ2v) is 6.91. The van der Waals surface area contributed by atoms with E-state index in [-0.39, 0.29) is 11.1 Å². The smallest absolute Gasteiger partial charge is 0.258 e. The number of halogens is 2. The molecule has 0 spiro atoms. The van der Waals surface area contributed by atoms with Crippen LogP contribution in [0.2, 0.25) is 5.15 Å². The van der Waals surface area contributed by atoms with Gasteiger partial charge < -0.3 is 10.1 Å². The highest BCUT2D eigenvalue weighted by Crippen LogP contribution is 2.26. The maximum Gasteiger partial charge on any atom is 0.258 e. The molecule has 0 aliphatic heterocycles. The Kier molecular flexibility index (Phi) is 5.91. The van der Waals surface area contributed by atoms with E-state index in [0.717, 1.165) is 16.9 Å². The van der Waals surface area contributed by atoms with Gasteiger partial charge in [-0.3, -0.25) is 4.79 Å². The van der Waals surface area contributed by atoms with Gasteiger partial charge in [0, 0.05) is 28.3 Å². The Morgan fingerprint density at radius 2 is 1.96 bits per heavy atom. The van der Waals surface area contributed by atoms with Gasteiger partial charge in [-0.15, -0.1) is 0 Å². The van der Waals surface area contributed by atoms with Gasteiger partial charge in [-0.05, 0) is 45.8 Å². The lowest BCUT2D eigenvalue weighted by Gasteiger charge is -2.12. The highest BCUT2D eigenvalue weighted by molar-refractivity contribution is 9.10. The second-order valence-electron chi connectivity index (χ2n) is 5.64. The van der Waals surface area contributed by atoms with E-state index in [2.05, 4.69) is 38.4 Å². The molecule has 0 aliphatic rings. The summed E-state index contributed by atoms with van der Waals surface area (Å²) in [5, 5.41) is 3.02. The van der Waals surface area contributed by atoms with Gasteiger partial charge in [-0.25, -0.2) is 4.98 Å². The van der Waals surface area contributed by atoms with Crippen molar-refractivity contribution < 1.29 is 9.53 Å². The van der Waals surface area contributed by atoms with Crippen LogP contribution >= 0.6 is 27.5 Å². The Bertz CT molecular complexity index is 932. The van der Waals surface area contributed by atoms with Crippen LogP contribution in [0.3, 0.4) is 0 Å². The summed E-state index contributed by atoms with van der Waals surface area (Å²) in [5.74, 6) is 0.452. The molecule has 3 rings (SSSR count). The molecule has 132 valence electrons. The maximum atomic E-state index is 12.5. The molecule has 1 N–H and O–H groups in total. The fourth-order valence-electron chi connectivity index (χ4n) is 2.59. The number of hydrogen-bond donors (Lipinski definition) is 1. The highest BCUT2D eigenvalue weighted by atomic mass is 79.9. The topological polar surface area (TPSA) is 51.2 Å². The standard InChI is InChI=1S/C20H16BrClN2O2/c1-26-18-8-7-16(10-14(18)9-13-5-3-2-4-6-13)24-20(25)17-11-15(21)12-23-19(17)22/h2-8,10-12H,9H2,1H3,(H,24,25). The van der Waals surface area contributed by atoms with Crippen molar-refractivity contribution in [3.05, 3.63) is 87.1 Å². The number of nitrogens with zero attached hydrogens (tertiary/aromatic N) is 1. The number of rotatable bonds is 5. The van der Waals surface area contributed by atoms with Crippen LogP contribution in [0.25, 0.3) is 0 Å². The number of hydrogen-bond acceptors (Lipinski definition) is 3. The Balaban J connectivity index is 1.85. The van der Waals surface area contributed by atoms with Gasteiger partial charge in [0.05, 0.1) is 12.7 Å². The first-order chi connectivity index (χ1) is 12.6. The molecule has 0 atom stereocenters. The molecule has 0 saturated heterocycles. The lowest BCUT2D eigenvalue weighted by Crippen LogP contribution is -2.13. The summed E-state index contributed by atoms with van der Waals surface area (Å²) in [4.78, 5) is 16.5. The summed E-state index contributed by atoms with van der Waals surface area (Å²) in [6.45, 7) is 0. The summed E-state index contributed by atoms with van der Waals surface area (Å²) in [6, 6.07) is 17.3. The number of amides is 1. The number of nitrogens with one attached hydrogen (secondary N) is 1. The van der Waals surface area contributed by atoms with Gasteiger partial charge in [0.1, 0.15) is 10.9 Å². The van der Waals surface area contributed by atoms with E-state index in [1.165, 1.54) is 0 Å². The number of carbonyl (C=O) groups is 1. The van der Waals surface area contributed by atoms with Gasteiger partial charge in [0.2, 0.25) is 0 Å². The largest absolute Gasteiger partial charge is 0.496 e. The van der Waals surface area contributed by atoms with E-state index in [4.69, 9.17) is 16.3 Å². The molecule has 0 unspecified atom stereocenters. The molecule has 26 heavy (non-hydrogen) atoms. The zero-order valence-corrected chi connectivity index (χ0v) is 16.3. The molecule has 0 saturated carbocycles. The molecule has 4 nitrogen and oxygen atoms in total. The van der Waals surface area contributed by atoms with Crippen LogP contribution in [-0.2, 0) is 6.42 Å². The Hall–Kier alpha value is -2.37. The first-order valence-electron chi connectivity index (χ1n) is 7.90. The van der Waals surface area contributed by atoms with E-state index in [0.29, 0.717) is 22.1 Å². The van der Waals surface area contributed by atoms with E-state index < -0.39 is 0 Å². The molecule has 1 amide bonds. The zero-order chi connectivity index (χ0) is 18.5. The predicted molar refractivity (Wildman–Crippen MR) is 107 cm³/mol. The molecule has 0 aliphatic carbocycles. The van der Waals surface area contributed by atoms with E-state index in [9.17, 15) is 4.79 Å². The lowest BCUT2D eigenvalue weighted by molar-refractivity contribution is 0.102. The fourth-order valence-corrected chi connectivity index (χ4v) is 3.11.